The van der Waals surface area contributed by atoms with Gasteiger partial charge in [-0.1, -0.05) is 31.5 Å². The number of methoxy groups -OCH3 is 1. The first-order valence-corrected chi connectivity index (χ1v) is 14.9. The van der Waals surface area contributed by atoms with E-state index in [0.717, 1.165) is 11.3 Å². The maximum Gasteiger partial charge on any atom is 0.410 e. The van der Waals surface area contributed by atoms with Crippen LogP contribution < -0.4 is 14.8 Å². The van der Waals surface area contributed by atoms with Crippen LogP contribution in [0.2, 0.25) is 5.02 Å². The van der Waals surface area contributed by atoms with Crippen molar-refractivity contribution in [1.82, 2.24) is 19.8 Å². The first-order chi connectivity index (χ1) is 20.8. The number of aromatic nitrogens is 2. The molecule has 0 radical (unpaired) electrons. The highest BCUT2D eigenvalue weighted by molar-refractivity contribution is 6.35. The van der Waals surface area contributed by atoms with E-state index in [4.69, 9.17) is 30.8 Å². The summed E-state index contributed by atoms with van der Waals surface area (Å²) < 4.78 is 32.7. The lowest BCUT2D eigenvalue weighted by atomic mass is 10.0. The number of aryl methyl sites for hydroxylation is 1. The van der Waals surface area contributed by atoms with E-state index < -0.39 is 23.6 Å². The number of benzene rings is 1. The van der Waals surface area contributed by atoms with E-state index in [-0.39, 0.29) is 77.2 Å². The highest BCUT2D eigenvalue weighted by Gasteiger charge is 2.41. The number of ether oxygens (including phenoxy) is 3. The van der Waals surface area contributed by atoms with Crippen LogP contribution in [0.25, 0.3) is 11.3 Å². The van der Waals surface area contributed by atoms with Crippen molar-refractivity contribution in [3.63, 3.8) is 0 Å². The predicted octanol–water partition coefficient (Wildman–Crippen LogP) is 6.57. The molecule has 3 aromatic rings. The second-order valence-electron chi connectivity index (χ2n) is 12.2. The predicted molar refractivity (Wildman–Crippen MR) is 166 cm³/mol. The number of carbonyl (C=O) groups is 2. The van der Waals surface area contributed by atoms with Crippen LogP contribution in [0, 0.1) is 12.7 Å². The minimum absolute atomic E-state index is 0.0295. The van der Waals surface area contributed by atoms with Crippen LogP contribution in [0.5, 0.6) is 11.5 Å². The molecule has 1 aromatic carbocycles. The van der Waals surface area contributed by atoms with Gasteiger partial charge in [0.2, 0.25) is 0 Å². The molecular weight excluding hydrogens is 589 g/mol. The normalized spacial score (nSPS) is 16.6. The molecule has 2 aliphatic rings. The topological polar surface area (TPSA) is 106 Å². The molecule has 44 heavy (non-hydrogen) atoms. The van der Waals surface area contributed by atoms with E-state index in [2.05, 4.69) is 10.3 Å². The molecule has 1 saturated heterocycles. The first-order valence-electron chi connectivity index (χ1n) is 14.5. The van der Waals surface area contributed by atoms with Crippen LogP contribution in [0.4, 0.5) is 20.7 Å². The van der Waals surface area contributed by atoms with E-state index in [1.165, 1.54) is 19.2 Å². The second-order valence-corrected chi connectivity index (χ2v) is 12.6. The Balaban J connectivity index is 1.65. The van der Waals surface area contributed by atoms with Crippen molar-refractivity contribution in [1.29, 1.82) is 0 Å². The van der Waals surface area contributed by atoms with Gasteiger partial charge in [0.15, 0.2) is 5.75 Å². The Kier molecular flexibility index (Phi) is 8.62. The van der Waals surface area contributed by atoms with Gasteiger partial charge >= 0.3 is 6.09 Å². The monoisotopic (exact) mass is 625 g/mol. The number of amides is 2. The molecule has 0 aliphatic carbocycles. The smallest absolute Gasteiger partial charge is 0.410 e. The maximum atomic E-state index is 15.4. The summed E-state index contributed by atoms with van der Waals surface area (Å²) in [7, 11) is 1.43. The Hall–Kier alpha value is -4.12. The van der Waals surface area contributed by atoms with Gasteiger partial charge in [0.05, 0.1) is 30.1 Å². The summed E-state index contributed by atoms with van der Waals surface area (Å²) in [6.07, 6.45) is 1.26. The number of hydrogen-bond acceptors (Lipinski definition) is 8. The van der Waals surface area contributed by atoms with Gasteiger partial charge < -0.3 is 29.3 Å². The third kappa shape index (κ3) is 5.97. The van der Waals surface area contributed by atoms with Gasteiger partial charge in [-0.2, -0.15) is 0 Å². The average molecular weight is 626 g/mol. The summed E-state index contributed by atoms with van der Waals surface area (Å²) in [6.45, 7) is 12.1. The zero-order valence-electron chi connectivity index (χ0n) is 26.0. The third-order valence-corrected chi connectivity index (χ3v) is 7.89. The molecule has 1 fully saturated rings. The molecule has 5 rings (SSSR count). The standard InChI is InChI=1S/C32H37ClFN5O5/c1-17(2)25-26(18(3)11-12-35-25)36-29-23-28(24(33)27(37-29)22-20(34)9-8-10-21(22)42-7)43-16-19-15-38(13-14-39(19)30(23)40)31(41)44-32(4,5)6/h8-12,17,19H,13-16H2,1-7H3,(H,36,37)/t19-/m1/s1. The van der Waals surface area contributed by atoms with Crippen molar-refractivity contribution in [3.05, 3.63) is 58.1 Å². The van der Waals surface area contributed by atoms with Gasteiger partial charge in [0.25, 0.3) is 5.91 Å². The van der Waals surface area contributed by atoms with Crippen LogP contribution in [0.3, 0.4) is 0 Å². The minimum atomic E-state index is -0.663. The number of pyridine rings is 2. The average Bonchev–Trinajstić information content (AvgIpc) is 3.11. The summed E-state index contributed by atoms with van der Waals surface area (Å²) in [6, 6.07) is 5.78. The van der Waals surface area contributed by atoms with Crippen molar-refractivity contribution in [2.75, 3.05) is 38.7 Å². The number of rotatable bonds is 5. The molecule has 10 nitrogen and oxygen atoms in total. The lowest BCUT2D eigenvalue weighted by Crippen LogP contribution is -2.58. The number of hydrogen-bond donors (Lipinski definition) is 1. The fraction of sp³-hybridized carbons (Fsp3) is 0.438. The lowest BCUT2D eigenvalue weighted by molar-refractivity contribution is 0.000958. The van der Waals surface area contributed by atoms with Gasteiger partial charge in [-0.15, -0.1) is 0 Å². The molecule has 0 spiro atoms. The van der Waals surface area contributed by atoms with Crippen LogP contribution in [-0.2, 0) is 4.74 Å². The van der Waals surface area contributed by atoms with Crippen LogP contribution >= 0.6 is 11.6 Å². The summed E-state index contributed by atoms with van der Waals surface area (Å²) in [4.78, 5) is 39.8. The largest absolute Gasteiger partial charge is 0.496 e. The Labute approximate surface area is 261 Å². The zero-order chi connectivity index (χ0) is 31.9. The SMILES string of the molecule is COc1cccc(F)c1-c1nc(Nc2c(C)ccnc2C(C)C)c2c(c1Cl)OC[C@H]1CN(C(=O)OC(C)(C)C)CCN1C2=O. The minimum Gasteiger partial charge on any atom is -0.496 e. The highest BCUT2D eigenvalue weighted by Crippen LogP contribution is 2.46. The molecule has 0 unspecified atom stereocenters. The Morgan fingerprint density at radius 2 is 1.95 bits per heavy atom. The third-order valence-electron chi connectivity index (χ3n) is 7.53. The van der Waals surface area contributed by atoms with E-state index in [1.54, 1.807) is 42.8 Å². The number of nitrogens with zero attached hydrogens (tertiary/aromatic N) is 4. The lowest BCUT2D eigenvalue weighted by Gasteiger charge is -2.40. The second kappa shape index (κ2) is 12.1. The highest BCUT2D eigenvalue weighted by atomic mass is 35.5. The molecule has 1 atom stereocenters. The molecular formula is C32H37ClFN5O5. The van der Waals surface area contributed by atoms with Crippen molar-refractivity contribution >= 4 is 35.1 Å². The van der Waals surface area contributed by atoms with Crippen LogP contribution in [-0.4, -0.2) is 76.8 Å². The van der Waals surface area contributed by atoms with Crippen LogP contribution in [0.15, 0.2) is 30.5 Å². The van der Waals surface area contributed by atoms with Gasteiger partial charge in [0.1, 0.15) is 45.9 Å². The molecule has 2 amide bonds. The number of halogens is 2. The number of piperazine rings is 1. The summed E-state index contributed by atoms with van der Waals surface area (Å²) >= 11 is 6.93. The molecule has 234 valence electrons. The van der Waals surface area contributed by atoms with Gasteiger partial charge in [0, 0.05) is 25.8 Å². The van der Waals surface area contributed by atoms with E-state index in [0.29, 0.717) is 5.69 Å². The summed E-state index contributed by atoms with van der Waals surface area (Å²) in [5, 5.41) is 3.31. The van der Waals surface area contributed by atoms with E-state index in [9.17, 15) is 9.59 Å². The Morgan fingerprint density at radius 1 is 1.20 bits per heavy atom. The van der Waals surface area contributed by atoms with Crippen LogP contribution in [0.1, 0.15) is 62.2 Å². The summed E-state index contributed by atoms with van der Waals surface area (Å²) in [5.74, 6) is -0.496. The molecule has 2 aliphatic heterocycles. The number of fused-ring (bicyclic) bond motifs is 2. The summed E-state index contributed by atoms with van der Waals surface area (Å²) in [5.41, 5.74) is 1.86. The quantitative estimate of drug-likeness (QED) is 0.339. The first kappa shape index (κ1) is 31.3. The Morgan fingerprint density at radius 3 is 2.64 bits per heavy atom. The van der Waals surface area contributed by atoms with Gasteiger partial charge in [-0.3, -0.25) is 9.78 Å². The van der Waals surface area contributed by atoms with Crippen molar-refractivity contribution in [2.24, 2.45) is 0 Å². The fourth-order valence-corrected chi connectivity index (χ4v) is 5.70. The molecule has 0 saturated carbocycles. The zero-order valence-corrected chi connectivity index (χ0v) is 26.7. The molecule has 12 heteroatoms. The van der Waals surface area contributed by atoms with E-state index in [1.807, 2.05) is 26.8 Å². The number of anilines is 2. The molecule has 1 N–H and O–H groups in total. The number of carbonyl (C=O) groups excluding carboxylic acids is 2. The number of nitrogens with one attached hydrogen (secondary N) is 1. The molecule has 4 heterocycles. The van der Waals surface area contributed by atoms with Gasteiger partial charge in [-0.05, 0) is 57.4 Å². The Bertz CT molecular complexity index is 1610. The van der Waals surface area contributed by atoms with Crippen molar-refractivity contribution in [2.45, 2.75) is 59.1 Å². The van der Waals surface area contributed by atoms with Crippen molar-refractivity contribution < 1.29 is 28.2 Å². The fourth-order valence-electron chi connectivity index (χ4n) is 5.41. The van der Waals surface area contributed by atoms with Crippen molar-refractivity contribution in [3.8, 4) is 22.8 Å². The molecule has 0 bridgehead atoms. The molecule has 2 aromatic heterocycles. The van der Waals surface area contributed by atoms with Gasteiger partial charge in [-0.25, -0.2) is 14.2 Å². The van der Waals surface area contributed by atoms with E-state index >= 15 is 4.39 Å². The maximum absolute atomic E-state index is 15.4.